The van der Waals surface area contributed by atoms with Crippen LogP contribution in [-0.2, 0) is 0 Å². The largest absolute Gasteiger partial charge is 0.484 e. The predicted octanol–water partition coefficient (Wildman–Crippen LogP) is 2.92. The first-order valence-corrected chi connectivity index (χ1v) is 5.58. The number of ether oxygens (including phenoxy) is 1. The molecular formula is C14H13NO3. The standard InChI is InChI=1S/C14H13NO3/c1-10(18-12-5-3-2-4-6-12)13-8-7-11(9-15-13)14(16)17/h2-10H,1H3,(H,16,17). The number of aromatic carboxylic acids is 1. The third-order valence-electron chi connectivity index (χ3n) is 2.51. The van der Waals surface area contributed by atoms with Gasteiger partial charge in [-0.1, -0.05) is 18.2 Å². The van der Waals surface area contributed by atoms with Crippen LogP contribution in [0, 0.1) is 0 Å². The van der Waals surface area contributed by atoms with Gasteiger partial charge in [-0.3, -0.25) is 4.98 Å². The molecule has 0 aliphatic carbocycles. The third kappa shape index (κ3) is 2.85. The Morgan fingerprint density at radius 3 is 2.50 bits per heavy atom. The summed E-state index contributed by atoms with van der Waals surface area (Å²) in [6, 6.07) is 12.6. The predicted molar refractivity (Wildman–Crippen MR) is 66.7 cm³/mol. The molecule has 1 aromatic carbocycles. The van der Waals surface area contributed by atoms with E-state index < -0.39 is 5.97 Å². The quantitative estimate of drug-likeness (QED) is 0.896. The second kappa shape index (κ2) is 5.31. The van der Waals surface area contributed by atoms with E-state index in [2.05, 4.69) is 4.98 Å². The molecule has 2 rings (SSSR count). The van der Waals surface area contributed by atoms with E-state index in [-0.39, 0.29) is 11.7 Å². The molecule has 1 unspecified atom stereocenters. The number of hydrogen-bond acceptors (Lipinski definition) is 3. The van der Waals surface area contributed by atoms with Gasteiger partial charge in [-0.05, 0) is 31.2 Å². The van der Waals surface area contributed by atoms with E-state index in [4.69, 9.17) is 9.84 Å². The lowest BCUT2D eigenvalue weighted by Gasteiger charge is -2.14. The average molecular weight is 243 g/mol. The number of pyridine rings is 1. The Morgan fingerprint density at radius 2 is 1.94 bits per heavy atom. The molecule has 1 atom stereocenters. The van der Waals surface area contributed by atoms with Crippen molar-refractivity contribution in [1.29, 1.82) is 0 Å². The summed E-state index contributed by atoms with van der Waals surface area (Å²) in [5.74, 6) is -0.222. The molecule has 0 amide bonds. The zero-order valence-electron chi connectivity index (χ0n) is 9.91. The Morgan fingerprint density at radius 1 is 1.22 bits per heavy atom. The molecule has 0 bridgehead atoms. The number of carboxylic acid groups (broad SMARTS) is 1. The maximum atomic E-state index is 10.7. The van der Waals surface area contributed by atoms with E-state index in [9.17, 15) is 4.79 Å². The van der Waals surface area contributed by atoms with Gasteiger partial charge in [-0.15, -0.1) is 0 Å². The molecule has 0 spiro atoms. The van der Waals surface area contributed by atoms with Crippen LogP contribution in [0.15, 0.2) is 48.7 Å². The van der Waals surface area contributed by atoms with Gasteiger partial charge >= 0.3 is 5.97 Å². The van der Waals surface area contributed by atoms with Crippen molar-refractivity contribution in [3.05, 3.63) is 59.9 Å². The van der Waals surface area contributed by atoms with E-state index in [1.54, 1.807) is 6.07 Å². The first-order chi connectivity index (χ1) is 8.66. The SMILES string of the molecule is CC(Oc1ccccc1)c1ccc(C(=O)O)cn1. The van der Waals surface area contributed by atoms with Gasteiger partial charge < -0.3 is 9.84 Å². The van der Waals surface area contributed by atoms with Crippen molar-refractivity contribution >= 4 is 5.97 Å². The lowest BCUT2D eigenvalue weighted by Crippen LogP contribution is -2.06. The molecule has 0 aliphatic heterocycles. The monoisotopic (exact) mass is 243 g/mol. The molecular weight excluding hydrogens is 230 g/mol. The van der Waals surface area contributed by atoms with Crippen molar-refractivity contribution in [2.45, 2.75) is 13.0 Å². The number of benzene rings is 1. The fraction of sp³-hybridized carbons (Fsp3) is 0.143. The zero-order chi connectivity index (χ0) is 13.0. The molecule has 2 aromatic rings. The van der Waals surface area contributed by atoms with Crippen molar-refractivity contribution in [1.82, 2.24) is 4.98 Å². The lowest BCUT2D eigenvalue weighted by molar-refractivity contribution is 0.0696. The minimum atomic E-state index is -0.981. The molecule has 0 radical (unpaired) electrons. The molecule has 4 heteroatoms. The maximum Gasteiger partial charge on any atom is 0.337 e. The van der Waals surface area contributed by atoms with E-state index in [1.807, 2.05) is 37.3 Å². The lowest BCUT2D eigenvalue weighted by atomic mass is 10.2. The minimum absolute atomic E-state index is 0.172. The van der Waals surface area contributed by atoms with Gasteiger partial charge in [-0.2, -0.15) is 0 Å². The van der Waals surface area contributed by atoms with Gasteiger partial charge in [0.1, 0.15) is 11.9 Å². The average Bonchev–Trinajstić information content (AvgIpc) is 2.40. The zero-order valence-corrected chi connectivity index (χ0v) is 9.91. The van der Waals surface area contributed by atoms with Crippen LogP contribution < -0.4 is 4.74 Å². The van der Waals surface area contributed by atoms with Gasteiger partial charge in [0, 0.05) is 6.20 Å². The van der Waals surface area contributed by atoms with Gasteiger partial charge in [0.25, 0.3) is 0 Å². The van der Waals surface area contributed by atoms with Crippen LogP contribution >= 0.6 is 0 Å². The fourth-order valence-corrected chi connectivity index (χ4v) is 1.54. The summed E-state index contributed by atoms with van der Waals surface area (Å²) in [6.07, 6.45) is 1.11. The van der Waals surface area contributed by atoms with Crippen LogP contribution in [0.4, 0.5) is 0 Å². The molecule has 0 saturated heterocycles. The van der Waals surface area contributed by atoms with E-state index in [0.29, 0.717) is 5.69 Å². The summed E-state index contributed by atoms with van der Waals surface area (Å²) < 4.78 is 5.69. The van der Waals surface area contributed by atoms with Crippen LogP contribution in [0.1, 0.15) is 29.1 Å². The van der Waals surface area contributed by atoms with Crippen molar-refractivity contribution in [2.75, 3.05) is 0 Å². The molecule has 92 valence electrons. The summed E-state index contributed by atoms with van der Waals surface area (Å²) in [5.41, 5.74) is 0.870. The summed E-state index contributed by atoms with van der Waals surface area (Å²) in [7, 11) is 0. The van der Waals surface area contributed by atoms with Crippen LogP contribution in [-0.4, -0.2) is 16.1 Å². The number of carboxylic acids is 1. The van der Waals surface area contributed by atoms with Crippen LogP contribution in [0.5, 0.6) is 5.75 Å². The number of nitrogens with zero attached hydrogens (tertiary/aromatic N) is 1. The Balaban J connectivity index is 2.09. The third-order valence-corrected chi connectivity index (χ3v) is 2.51. The van der Waals surface area contributed by atoms with E-state index in [1.165, 1.54) is 12.3 Å². The van der Waals surface area contributed by atoms with E-state index >= 15 is 0 Å². The number of hydrogen-bond donors (Lipinski definition) is 1. The van der Waals surface area contributed by atoms with Gasteiger partial charge in [0.15, 0.2) is 0 Å². The molecule has 1 heterocycles. The molecule has 1 aromatic heterocycles. The van der Waals surface area contributed by atoms with E-state index in [0.717, 1.165) is 5.75 Å². The smallest absolute Gasteiger partial charge is 0.337 e. The molecule has 0 aliphatic rings. The highest BCUT2D eigenvalue weighted by molar-refractivity contribution is 5.87. The van der Waals surface area contributed by atoms with Gasteiger partial charge in [-0.25, -0.2) is 4.79 Å². The highest BCUT2D eigenvalue weighted by Gasteiger charge is 2.10. The first kappa shape index (κ1) is 12.1. The van der Waals surface area contributed by atoms with Crippen molar-refractivity contribution in [2.24, 2.45) is 0 Å². The fourth-order valence-electron chi connectivity index (χ4n) is 1.54. The summed E-state index contributed by atoms with van der Waals surface area (Å²) in [6.45, 7) is 1.87. The summed E-state index contributed by atoms with van der Waals surface area (Å²) in [4.78, 5) is 14.8. The molecule has 0 fully saturated rings. The van der Waals surface area contributed by atoms with Crippen LogP contribution in [0.2, 0.25) is 0 Å². The van der Waals surface area contributed by atoms with Crippen LogP contribution in [0.25, 0.3) is 0 Å². The second-order valence-electron chi connectivity index (χ2n) is 3.85. The highest BCUT2D eigenvalue weighted by atomic mass is 16.5. The maximum absolute atomic E-state index is 10.7. The summed E-state index contributed by atoms with van der Waals surface area (Å²) in [5, 5.41) is 8.78. The molecule has 1 N–H and O–H groups in total. The number of aromatic nitrogens is 1. The number of rotatable bonds is 4. The topological polar surface area (TPSA) is 59.4 Å². The Kier molecular flexibility index (Phi) is 3.57. The number of carbonyl (C=O) groups is 1. The molecule has 4 nitrogen and oxygen atoms in total. The molecule has 0 saturated carbocycles. The Hall–Kier alpha value is -2.36. The van der Waals surface area contributed by atoms with Gasteiger partial charge in [0.2, 0.25) is 0 Å². The van der Waals surface area contributed by atoms with Crippen molar-refractivity contribution in [3.63, 3.8) is 0 Å². The highest BCUT2D eigenvalue weighted by Crippen LogP contribution is 2.19. The number of para-hydroxylation sites is 1. The Bertz CT molecular complexity index is 522. The van der Waals surface area contributed by atoms with Crippen molar-refractivity contribution < 1.29 is 14.6 Å². The first-order valence-electron chi connectivity index (χ1n) is 5.58. The minimum Gasteiger partial charge on any atom is -0.484 e. The Labute approximate surface area is 105 Å². The van der Waals surface area contributed by atoms with Gasteiger partial charge in [0.05, 0.1) is 11.3 Å². The second-order valence-corrected chi connectivity index (χ2v) is 3.85. The summed E-state index contributed by atoms with van der Waals surface area (Å²) >= 11 is 0. The normalized spacial score (nSPS) is 11.8. The van der Waals surface area contributed by atoms with Crippen molar-refractivity contribution in [3.8, 4) is 5.75 Å². The van der Waals surface area contributed by atoms with Crippen LogP contribution in [0.3, 0.4) is 0 Å². The molecule has 18 heavy (non-hydrogen) atoms.